The predicted molar refractivity (Wildman–Crippen MR) is 82.2 cm³/mol. The Hall–Kier alpha value is -2.83. The lowest BCUT2D eigenvalue weighted by Gasteiger charge is -2.13. The van der Waals surface area contributed by atoms with Gasteiger partial charge in [-0.15, -0.1) is 0 Å². The van der Waals surface area contributed by atoms with Gasteiger partial charge >= 0.3 is 6.03 Å². The summed E-state index contributed by atoms with van der Waals surface area (Å²) in [6.45, 7) is 2.17. The normalized spacial score (nSPS) is 9.95. The van der Waals surface area contributed by atoms with Crippen LogP contribution in [0, 0.1) is 6.92 Å². The number of carbonyl (C=O) groups excluding carboxylic acids is 1. The molecule has 0 saturated carbocycles. The van der Waals surface area contributed by atoms with Gasteiger partial charge in [-0.2, -0.15) is 0 Å². The van der Waals surface area contributed by atoms with E-state index in [2.05, 4.69) is 20.6 Å². The van der Waals surface area contributed by atoms with Gasteiger partial charge in [0.15, 0.2) is 11.5 Å². The molecule has 0 bridgehead atoms. The van der Waals surface area contributed by atoms with Crippen molar-refractivity contribution in [2.24, 2.45) is 0 Å². The third-order valence-electron chi connectivity index (χ3n) is 2.94. The van der Waals surface area contributed by atoms with Gasteiger partial charge in [0.05, 0.1) is 32.1 Å². The second-order valence-corrected chi connectivity index (χ2v) is 4.50. The van der Waals surface area contributed by atoms with Crippen LogP contribution in [-0.4, -0.2) is 30.2 Å². The minimum absolute atomic E-state index is 0.307. The third kappa shape index (κ3) is 3.85. The predicted octanol–water partition coefficient (Wildman–Crippen LogP) is 2.12. The summed E-state index contributed by atoms with van der Waals surface area (Å²) < 4.78 is 10.4. The molecule has 2 aromatic rings. The fraction of sp³-hybridized carbons (Fsp3) is 0.267. The Kier molecular flexibility index (Phi) is 5.13. The molecule has 1 aromatic heterocycles. The molecule has 2 amide bonds. The van der Waals surface area contributed by atoms with Crippen LogP contribution >= 0.6 is 0 Å². The first-order chi connectivity index (χ1) is 10.6. The van der Waals surface area contributed by atoms with Crippen LogP contribution in [0.2, 0.25) is 0 Å². The van der Waals surface area contributed by atoms with Crippen LogP contribution in [-0.2, 0) is 6.54 Å². The number of aryl methyl sites for hydroxylation is 1. The minimum atomic E-state index is -0.359. The molecule has 7 nitrogen and oxygen atoms in total. The molecule has 116 valence electrons. The minimum Gasteiger partial charge on any atom is -0.493 e. The lowest BCUT2D eigenvalue weighted by Crippen LogP contribution is -2.28. The van der Waals surface area contributed by atoms with E-state index >= 15 is 0 Å². The molecule has 0 radical (unpaired) electrons. The monoisotopic (exact) mass is 302 g/mol. The van der Waals surface area contributed by atoms with Crippen LogP contribution in [0.1, 0.15) is 11.4 Å². The van der Waals surface area contributed by atoms with E-state index in [4.69, 9.17) is 9.47 Å². The second kappa shape index (κ2) is 7.26. The molecule has 0 aliphatic carbocycles. The fourth-order valence-electron chi connectivity index (χ4n) is 1.93. The van der Waals surface area contributed by atoms with Crippen molar-refractivity contribution in [1.29, 1.82) is 0 Å². The van der Waals surface area contributed by atoms with Crippen molar-refractivity contribution in [2.75, 3.05) is 19.5 Å². The summed E-state index contributed by atoms with van der Waals surface area (Å²) in [6, 6.07) is 6.71. The number of carbonyl (C=O) groups is 1. The molecule has 2 N–H and O–H groups in total. The zero-order valence-corrected chi connectivity index (χ0v) is 12.7. The number of hydrogen-bond acceptors (Lipinski definition) is 5. The van der Waals surface area contributed by atoms with Gasteiger partial charge in [0.2, 0.25) is 0 Å². The Balaban J connectivity index is 2.00. The van der Waals surface area contributed by atoms with Crippen molar-refractivity contribution in [1.82, 2.24) is 15.3 Å². The van der Waals surface area contributed by atoms with E-state index in [0.29, 0.717) is 23.7 Å². The number of hydrogen-bond donors (Lipinski definition) is 2. The van der Waals surface area contributed by atoms with E-state index in [1.54, 1.807) is 25.3 Å². The van der Waals surface area contributed by atoms with Gasteiger partial charge in [0, 0.05) is 5.69 Å². The lowest BCUT2D eigenvalue weighted by molar-refractivity contribution is 0.251. The Morgan fingerprint density at radius 3 is 2.73 bits per heavy atom. The number of benzene rings is 1. The number of methoxy groups -OCH3 is 2. The number of para-hydroxylation sites is 1. The van der Waals surface area contributed by atoms with Crippen LogP contribution in [0.25, 0.3) is 0 Å². The second-order valence-electron chi connectivity index (χ2n) is 4.50. The summed E-state index contributed by atoms with van der Waals surface area (Å²) in [4.78, 5) is 20.1. The SMILES string of the molecule is COc1cccc(NC(=O)NCc2cc(C)ncn2)c1OC. The van der Waals surface area contributed by atoms with E-state index in [1.165, 1.54) is 13.4 Å². The van der Waals surface area contributed by atoms with Gasteiger partial charge in [-0.25, -0.2) is 14.8 Å². The highest BCUT2D eigenvalue weighted by molar-refractivity contribution is 5.91. The van der Waals surface area contributed by atoms with E-state index < -0.39 is 0 Å². The van der Waals surface area contributed by atoms with Crippen LogP contribution in [0.4, 0.5) is 10.5 Å². The zero-order chi connectivity index (χ0) is 15.9. The van der Waals surface area contributed by atoms with Crippen LogP contribution in [0.5, 0.6) is 11.5 Å². The smallest absolute Gasteiger partial charge is 0.319 e. The Morgan fingerprint density at radius 2 is 2.05 bits per heavy atom. The average Bonchev–Trinajstić information content (AvgIpc) is 2.52. The highest BCUT2D eigenvalue weighted by Crippen LogP contribution is 2.34. The first kappa shape index (κ1) is 15.6. The van der Waals surface area contributed by atoms with Gasteiger partial charge in [-0.3, -0.25) is 0 Å². The van der Waals surface area contributed by atoms with E-state index in [1.807, 2.05) is 13.0 Å². The van der Waals surface area contributed by atoms with Crippen molar-refractivity contribution >= 4 is 11.7 Å². The Morgan fingerprint density at radius 1 is 1.23 bits per heavy atom. The Labute approximate surface area is 128 Å². The summed E-state index contributed by atoms with van der Waals surface area (Å²) in [7, 11) is 3.06. The molecule has 0 aliphatic heterocycles. The maximum atomic E-state index is 12.0. The summed E-state index contributed by atoms with van der Waals surface area (Å²) >= 11 is 0. The van der Waals surface area contributed by atoms with Crippen LogP contribution in [0.15, 0.2) is 30.6 Å². The molecule has 22 heavy (non-hydrogen) atoms. The number of amides is 2. The van der Waals surface area contributed by atoms with Gasteiger partial charge in [0.25, 0.3) is 0 Å². The van der Waals surface area contributed by atoms with Gasteiger partial charge in [-0.1, -0.05) is 6.07 Å². The maximum absolute atomic E-state index is 12.0. The maximum Gasteiger partial charge on any atom is 0.319 e. The number of urea groups is 1. The van der Waals surface area contributed by atoms with Crippen LogP contribution in [0.3, 0.4) is 0 Å². The molecule has 0 aliphatic rings. The molecule has 1 heterocycles. The number of ether oxygens (including phenoxy) is 2. The molecular formula is C15H18N4O3. The molecule has 0 atom stereocenters. The van der Waals surface area contributed by atoms with Crippen molar-refractivity contribution in [3.63, 3.8) is 0 Å². The standard InChI is InChI=1S/C15H18N4O3/c1-10-7-11(18-9-17-10)8-16-15(20)19-12-5-4-6-13(21-2)14(12)22-3/h4-7,9H,8H2,1-3H3,(H2,16,19,20). The number of rotatable bonds is 5. The zero-order valence-electron chi connectivity index (χ0n) is 12.7. The molecule has 0 spiro atoms. The Bertz CT molecular complexity index is 661. The first-order valence-corrected chi connectivity index (χ1v) is 6.67. The summed E-state index contributed by atoms with van der Waals surface area (Å²) in [5.41, 5.74) is 2.11. The first-order valence-electron chi connectivity index (χ1n) is 6.67. The molecule has 0 fully saturated rings. The largest absolute Gasteiger partial charge is 0.493 e. The van der Waals surface area contributed by atoms with Crippen molar-refractivity contribution in [3.05, 3.63) is 42.0 Å². The summed E-state index contributed by atoms with van der Waals surface area (Å²) in [6.07, 6.45) is 1.47. The average molecular weight is 302 g/mol. The fourth-order valence-corrected chi connectivity index (χ4v) is 1.93. The lowest BCUT2D eigenvalue weighted by atomic mass is 10.2. The molecule has 2 rings (SSSR count). The van der Waals surface area contributed by atoms with Crippen molar-refractivity contribution < 1.29 is 14.3 Å². The summed E-state index contributed by atoms with van der Waals surface area (Å²) in [5, 5.41) is 5.45. The topological polar surface area (TPSA) is 85.4 Å². The van der Waals surface area contributed by atoms with Crippen molar-refractivity contribution in [2.45, 2.75) is 13.5 Å². The van der Waals surface area contributed by atoms with Gasteiger partial charge < -0.3 is 20.1 Å². The number of nitrogens with one attached hydrogen (secondary N) is 2. The van der Waals surface area contributed by atoms with Crippen LogP contribution < -0.4 is 20.1 Å². The molecule has 7 heteroatoms. The van der Waals surface area contributed by atoms with E-state index in [-0.39, 0.29) is 6.03 Å². The number of anilines is 1. The van der Waals surface area contributed by atoms with E-state index in [0.717, 1.165) is 11.4 Å². The van der Waals surface area contributed by atoms with E-state index in [9.17, 15) is 4.79 Å². The molecule has 0 unspecified atom stereocenters. The highest BCUT2D eigenvalue weighted by Gasteiger charge is 2.12. The number of aromatic nitrogens is 2. The molecule has 0 saturated heterocycles. The quantitative estimate of drug-likeness (QED) is 0.883. The molecular weight excluding hydrogens is 284 g/mol. The van der Waals surface area contributed by atoms with Gasteiger partial charge in [-0.05, 0) is 25.1 Å². The third-order valence-corrected chi connectivity index (χ3v) is 2.94. The summed E-state index contributed by atoms with van der Waals surface area (Å²) in [5.74, 6) is 1.02. The van der Waals surface area contributed by atoms with Crippen molar-refractivity contribution in [3.8, 4) is 11.5 Å². The number of nitrogens with zero attached hydrogens (tertiary/aromatic N) is 2. The highest BCUT2D eigenvalue weighted by atomic mass is 16.5. The van der Waals surface area contributed by atoms with Gasteiger partial charge in [0.1, 0.15) is 6.33 Å². The molecule has 1 aromatic carbocycles.